The Kier molecular flexibility index (Phi) is 10.6. The van der Waals surface area contributed by atoms with Gasteiger partial charge < -0.3 is 9.16 Å². The molecule has 1 unspecified atom stereocenters. The zero-order chi connectivity index (χ0) is 23.7. The molecular formula is C26H40O4Si. The number of ketones is 1. The van der Waals surface area contributed by atoms with Gasteiger partial charge >= 0.3 is 5.97 Å². The smallest absolute Gasteiger partial charge is 0.316 e. The predicted molar refractivity (Wildman–Crippen MR) is 131 cm³/mol. The molecule has 0 N–H and O–H groups in total. The molecule has 0 saturated carbocycles. The highest BCUT2D eigenvalue weighted by molar-refractivity contribution is 6.74. The molecule has 31 heavy (non-hydrogen) atoms. The van der Waals surface area contributed by atoms with Crippen molar-refractivity contribution in [2.24, 2.45) is 5.92 Å². The minimum absolute atomic E-state index is 0.0357. The van der Waals surface area contributed by atoms with Crippen LogP contribution >= 0.6 is 0 Å². The standard InChI is InChI=1S/C26H40O4Si/c1-9-13-22(30-31(7,8)26(3,4)5)19-24(27)23(25(28)29-6)18-20(2)16-17-21-14-11-10-12-15-21/h9-12,14-16,22-23H,1,13,17-19H2,2-8H3/b20-16+/t22-,23?/m1/s1. The molecule has 0 saturated heterocycles. The lowest BCUT2D eigenvalue weighted by Crippen LogP contribution is -2.44. The molecule has 0 fully saturated rings. The largest absolute Gasteiger partial charge is 0.468 e. The van der Waals surface area contributed by atoms with Crippen LogP contribution in [0.2, 0.25) is 18.1 Å². The Balaban J connectivity index is 2.92. The fourth-order valence-corrected chi connectivity index (χ4v) is 4.47. The number of benzene rings is 1. The van der Waals surface area contributed by atoms with Gasteiger partial charge in [-0.25, -0.2) is 0 Å². The molecule has 0 heterocycles. The number of esters is 1. The third-order valence-corrected chi connectivity index (χ3v) is 10.6. The number of hydrogen-bond donors (Lipinski definition) is 0. The number of carbonyl (C=O) groups is 2. The average Bonchev–Trinajstić information content (AvgIpc) is 2.69. The van der Waals surface area contributed by atoms with E-state index in [1.165, 1.54) is 12.7 Å². The highest BCUT2D eigenvalue weighted by atomic mass is 28.4. The topological polar surface area (TPSA) is 52.6 Å². The summed E-state index contributed by atoms with van der Waals surface area (Å²) < 4.78 is 11.4. The van der Waals surface area contributed by atoms with Crippen molar-refractivity contribution in [3.8, 4) is 0 Å². The maximum Gasteiger partial charge on any atom is 0.316 e. The van der Waals surface area contributed by atoms with Gasteiger partial charge in [0.25, 0.3) is 0 Å². The number of allylic oxidation sites excluding steroid dienone is 2. The Morgan fingerprint density at radius 1 is 1.13 bits per heavy atom. The van der Waals surface area contributed by atoms with Crippen LogP contribution < -0.4 is 0 Å². The fraction of sp³-hybridized carbons (Fsp3) is 0.538. The Morgan fingerprint density at radius 3 is 2.26 bits per heavy atom. The summed E-state index contributed by atoms with van der Waals surface area (Å²) in [4.78, 5) is 25.6. The molecule has 1 aromatic rings. The van der Waals surface area contributed by atoms with Crippen LogP contribution in [0.1, 0.15) is 52.5 Å². The predicted octanol–water partition coefficient (Wildman–Crippen LogP) is 6.28. The second-order valence-corrected chi connectivity index (χ2v) is 14.5. The zero-order valence-corrected chi connectivity index (χ0v) is 21.4. The number of ether oxygens (including phenoxy) is 1. The van der Waals surface area contributed by atoms with E-state index in [0.717, 1.165) is 12.0 Å². The van der Waals surface area contributed by atoms with Crippen molar-refractivity contribution in [2.45, 2.75) is 77.6 Å². The molecule has 0 aromatic heterocycles. The van der Waals surface area contributed by atoms with Crippen LogP contribution in [0.3, 0.4) is 0 Å². The van der Waals surface area contributed by atoms with Crippen molar-refractivity contribution in [3.05, 3.63) is 60.2 Å². The van der Waals surface area contributed by atoms with Crippen LogP contribution in [0.25, 0.3) is 0 Å². The number of Topliss-reactive ketones (excluding diaryl/α,β-unsaturated/α-hetero) is 1. The number of carbonyl (C=O) groups excluding carboxylic acids is 2. The minimum atomic E-state index is -2.05. The molecule has 172 valence electrons. The van der Waals surface area contributed by atoms with Gasteiger partial charge in [0, 0.05) is 6.42 Å². The van der Waals surface area contributed by atoms with Gasteiger partial charge in [0.1, 0.15) is 11.7 Å². The van der Waals surface area contributed by atoms with Crippen molar-refractivity contribution in [1.29, 1.82) is 0 Å². The first-order chi connectivity index (χ1) is 14.4. The van der Waals surface area contributed by atoms with E-state index >= 15 is 0 Å². The van der Waals surface area contributed by atoms with Crippen LogP contribution in [0, 0.1) is 5.92 Å². The van der Waals surface area contributed by atoms with Crippen molar-refractivity contribution in [2.75, 3.05) is 7.11 Å². The van der Waals surface area contributed by atoms with E-state index in [4.69, 9.17) is 9.16 Å². The first-order valence-corrected chi connectivity index (χ1v) is 13.9. The summed E-state index contributed by atoms with van der Waals surface area (Å²) in [6.07, 6.45) is 5.47. The summed E-state index contributed by atoms with van der Waals surface area (Å²) in [6, 6.07) is 10.1. The Bertz CT molecular complexity index is 759. The summed E-state index contributed by atoms with van der Waals surface area (Å²) in [5.41, 5.74) is 2.19. The van der Waals surface area contributed by atoms with Crippen molar-refractivity contribution >= 4 is 20.1 Å². The van der Waals surface area contributed by atoms with E-state index in [-0.39, 0.29) is 23.3 Å². The molecule has 4 nitrogen and oxygen atoms in total. The lowest BCUT2D eigenvalue weighted by Gasteiger charge is -2.39. The molecule has 2 atom stereocenters. The van der Waals surface area contributed by atoms with Gasteiger partial charge in [0.15, 0.2) is 8.32 Å². The second kappa shape index (κ2) is 12.2. The first kappa shape index (κ1) is 27.1. The molecular weight excluding hydrogens is 404 g/mol. The van der Waals surface area contributed by atoms with Crippen LogP contribution in [0.5, 0.6) is 0 Å². The molecule has 0 amide bonds. The third-order valence-electron chi connectivity index (χ3n) is 6.06. The molecule has 5 heteroatoms. The average molecular weight is 445 g/mol. The number of rotatable bonds is 12. The van der Waals surface area contributed by atoms with E-state index in [1.54, 1.807) is 6.08 Å². The molecule has 0 spiro atoms. The maximum atomic E-state index is 13.1. The summed E-state index contributed by atoms with van der Waals surface area (Å²) in [6.45, 7) is 16.6. The van der Waals surface area contributed by atoms with Gasteiger partial charge in [-0.1, -0.05) is 68.8 Å². The molecule has 1 aromatic carbocycles. The maximum absolute atomic E-state index is 13.1. The quantitative estimate of drug-likeness (QED) is 0.165. The highest BCUT2D eigenvalue weighted by Gasteiger charge is 2.40. The van der Waals surface area contributed by atoms with Crippen molar-refractivity contribution < 1.29 is 18.8 Å². The van der Waals surface area contributed by atoms with Crippen LogP contribution in [-0.2, 0) is 25.2 Å². The minimum Gasteiger partial charge on any atom is -0.468 e. The van der Waals surface area contributed by atoms with Gasteiger partial charge in [-0.15, -0.1) is 6.58 Å². The van der Waals surface area contributed by atoms with Gasteiger partial charge in [-0.3, -0.25) is 9.59 Å². The Hall–Kier alpha value is -1.98. The van der Waals surface area contributed by atoms with Gasteiger partial charge in [0.2, 0.25) is 0 Å². The summed E-state index contributed by atoms with van der Waals surface area (Å²) in [7, 11) is -0.720. The Labute approximate surface area is 189 Å². The molecule has 0 aliphatic heterocycles. The highest BCUT2D eigenvalue weighted by Crippen LogP contribution is 2.38. The van der Waals surface area contributed by atoms with Crippen LogP contribution in [0.4, 0.5) is 0 Å². The van der Waals surface area contributed by atoms with E-state index in [0.29, 0.717) is 12.8 Å². The Morgan fingerprint density at radius 2 is 1.74 bits per heavy atom. The summed E-state index contributed by atoms with van der Waals surface area (Å²) in [5.74, 6) is -1.43. The summed E-state index contributed by atoms with van der Waals surface area (Å²) >= 11 is 0. The van der Waals surface area contributed by atoms with Crippen molar-refractivity contribution in [3.63, 3.8) is 0 Å². The zero-order valence-electron chi connectivity index (χ0n) is 20.4. The molecule has 0 bridgehead atoms. The van der Waals surface area contributed by atoms with Crippen LogP contribution in [-0.4, -0.2) is 33.3 Å². The SMILES string of the molecule is C=CC[C@H](CC(=O)C(C/C(C)=C/Cc1ccccc1)C(=O)OC)O[Si](C)(C)C(C)(C)C. The summed E-state index contributed by atoms with van der Waals surface area (Å²) in [5, 5.41) is 0.0357. The van der Waals surface area contributed by atoms with Gasteiger partial charge in [0.05, 0.1) is 13.2 Å². The lowest BCUT2D eigenvalue weighted by molar-refractivity contribution is -0.149. The van der Waals surface area contributed by atoms with Gasteiger partial charge in [-0.05, 0) is 49.9 Å². The molecule has 0 aliphatic rings. The fourth-order valence-electron chi connectivity index (χ4n) is 3.10. The van der Waals surface area contributed by atoms with Crippen molar-refractivity contribution in [1.82, 2.24) is 0 Å². The van der Waals surface area contributed by atoms with E-state index in [2.05, 4.69) is 58.7 Å². The van der Waals surface area contributed by atoms with E-state index in [1.807, 2.05) is 25.1 Å². The van der Waals surface area contributed by atoms with E-state index in [9.17, 15) is 9.59 Å². The number of hydrogen-bond acceptors (Lipinski definition) is 4. The first-order valence-electron chi connectivity index (χ1n) is 11.0. The van der Waals surface area contributed by atoms with Crippen LogP contribution in [0.15, 0.2) is 54.6 Å². The second-order valence-electron chi connectivity index (χ2n) is 9.72. The van der Waals surface area contributed by atoms with E-state index < -0.39 is 20.2 Å². The lowest BCUT2D eigenvalue weighted by atomic mass is 9.91. The molecule has 1 rings (SSSR count). The molecule has 0 aliphatic carbocycles. The third kappa shape index (κ3) is 8.96. The van der Waals surface area contributed by atoms with Gasteiger partial charge in [-0.2, -0.15) is 0 Å². The normalized spacial score (nSPS) is 14.6. The number of methoxy groups -OCH3 is 1. The monoisotopic (exact) mass is 444 g/mol. The molecule has 0 radical (unpaired) electrons.